The number of phenolic OH excluding ortho intramolecular Hbond substituents is 1. The summed E-state index contributed by atoms with van der Waals surface area (Å²) in [6.07, 6.45) is -5.73. The molecule has 1 heterocycles. The molecule has 9 heteroatoms. The number of benzene rings is 1. The summed E-state index contributed by atoms with van der Waals surface area (Å²) in [5.41, 5.74) is 0.299. The molecular weight excluding hydrogens is 360 g/mol. The molecule has 0 amide bonds. The molecule has 1 fully saturated rings. The number of unbranched alkanes of at least 4 members (excludes halogenated alkanes) is 1. The number of esters is 1. The van der Waals surface area contributed by atoms with Crippen LogP contribution in [0.2, 0.25) is 0 Å². The Morgan fingerprint density at radius 2 is 1.93 bits per heavy atom. The number of carbonyl (C=O) groups excluding carboxylic acids is 1. The first-order valence-electron chi connectivity index (χ1n) is 8.82. The highest BCUT2D eigenvalue weighted by molar-refractivity contribution is 5.73. The van der Waals surface area contributed by atoms with Crippen molar-refractivity contribution >= 4 is 5.97 Å². The zero-order valence-electron chi connectivity index (χ0n) is 15.0. The monoisotopic (exact) mass is 386 g/mol. The molecule has 0 spiro atoms. The lowest BCUT2D eigenvalue weighted by Crippen LogP contribution is -2.60. The van der Waals surface area contributed by atoms with E-state index in [1.165, 1.54) is 18.2 Å². The maximum absolute atomic E-state index is 12.0. The van der Waals surface area contributed by atoms with Gasteiger partial charge in [0.25, 0.3) is 0 Å². The Morgan fingerprint density at radius 3 is 2.59 bits per heavy atom. The molecule has 1 aliphatic rings. The van der Waals surface area contributed by atoms with Crippen LogP contribution in [0.1, 0.15) is 25.3 Å². The molecule has 1 aromatic rings. The van der Waals surface area contributed by atoms with Gasteiger partial charge in [-0.25, -0.2) is 0 Å². The minimum atomic E-state index is -1.58. The summed E-state index contributed by atoms with van der Waals surface area (Å²) < 4.78 is 15.9. The van der Waals surface area contributed by atoms with Crippen LogP contribution in [0.15, 0.2) is 18.2 Å². The second-order valence-corrected chi connectivity index (χ2v) is 6.36. The van der Waals surface area contributed by atoms with E-state index in [0.29, 0.717) is 5.56 Å². The molecule has 0 saturated carbocycles. The molecular formula is C18H26O9. The van der Waals surface area contributed by atoms with E-state index in [9.17, 15) is 30.3 Å². The van der Waals surface area contributed by atoms with Crippen molar-refractivity contribution < 1.29 is 44.5 Å². The zero-order valence-corrected chi connectivity index (χ0v) is 15.0. The lowest BCUT2D eigenvalue weighted by Gasteiger charge is -2.39. The molecule has 1 aromatic carbocycles. The molecule has 5 atom stereocenters. The SMILES string of the molecule is CCCCOC(=O)Cc1cc(O)ccc1O[C@@H]1O[C@H](CO)[C@@H](O)[C@H](O)[C@H]1O. The third kappa shape index (κ3) is 5.53. The Labute approximate surface area is 156 Å². The number of ether oxygens (including phenoxy) is 3. The van der Waals surface area contributed by atoms with Gasteiger partial charge in [0.1, 0.15) is 35.9 Å². The fourth-order valence-electron chi connectivity index (χ4n) is 2.65. The van der Waals surface area contributed by atoms with Crippen LogP contribution >= 0.6 is 0 Å². The van der Waals surface area contributed by atoms with Crippen LogP contribution in [0.3, 0.4) is 0 Å². The van der Waals surface area contributed by atoms with Crippen molar-refractivity contribution in [2.24, 2.45) is 0 Å². The number of rotatable bonds is 8. The smallest absolute Gasteiger partial charge is 0.310 e. The van der Waals surface area contributed by atoms with E-state index in [-0.39, 0.29) is 24.5 Å². The molecule has 2 rings (SSSR count). The van der Waals surface area contributed by atoms with E-state index < -0.39 is 43.3 Å². The third-order valence-electron chi connectivity index (χ3n) is 4.23. The van der Waals surface area contributed by atoms with Crippen LogP contribution in [0.25, 0.3) is 0 Å². The van der Waals surface area contributed by atoms with Crippen molar-refractivity contribution in [1.82, 2.24) is 0 Å². The fraction of sp³-hybridized carbons (Fsp3) is 0.611. The van der Waals surface area contributed by atoms with Crippen LogP contribution in [-0.2, 0) is 20.7 Å². The molecule has 1 aliphatic heterocycles. The average Bonchev–Trinajstić information content (AvgIpc) is 2.64. The van der Waals surface area contributed by atoms with Crippen LogP contribution in [0.4, 0.5) is 0 Å². The van der Waals surface area contributed by atoms with Gasteiger partial charge >= 0.3 is 5.97 Å². The lowest BCUT2D eigenvalue weighted by molar-refractivity contribution is -0.277. The van der Waals surface area contributed by atoms with Crippen LogP contribution < -0.4 is 4.74 Å². The van der Waals surface area contributed by atoms with Gasteiger partial charge in [0, 0.05) is 5.56 Å². The highest BCUT2D eigenvalue weighted by Gasteiger charge is 2.44. The van der Waals surface area contributed by atoms with Crippen molar-refractivity contribution in [1.29, 1.82) is 0 Å². The summed E-state index contributed by atoms with van der Waals surface area (Å²) in [7, 11) is 0. The van der Waals surface area contributed by atoms with Crippen molar-refractivity contribution in [3.05, 3.63) is 23.8 Å². The standard InChI is InChI=1S/C18H26O9/c1-2-3-6-25-14(21)8-10-7-11(20)4-5-12(10)26-18-17(24)16(23)15(22)13(9-19)27-18/h4-5,7,13,15-20,22-24H,2-3,6,8-9H2,1H3/t13-,15-,16+,17-,18-/m1/s1. The lowest BCUT2D eigenvalue weighted by atomic mass is 9.99. The summed E-state index contributed by atoms with van der Waals surface area (Å²) in [5, 5.41) is 48.6. The topological polar surface area (TPSA) is 146 Å². The second kappa shape index (κ2) is 9.86. The van der Waals surface area contributed by atoms with Gasteiger partial charge in [-0.15, -0.1) is 0 Å². The summed E-state index contributed by atoms with van der Waals surface area (Å²) in [5.74, 6) is -0.468. The summed E-state index contributed by atoms with van der Waals surface area (Å²) in [6.45, 7) is 1.67. The molecule has 0 unspecified atom stereocenters. The zero-order chi connectivity index (χ0) is 20.0. The molecule has 0 bridgehead atoms. The molecule has 152 valence electrons. The van der Waals surface area contributed by atoms with Crippen molar-refractivity contribution in [2.45, 2.75) is 56.9 Å². The first kappa shape index (κ1) is 21.4. The average molecular weight is 386 g/mol. The number of aliphatic hydroxyl groups excluding tert-OH is 4. The van der Waals surface area contributed by atoms with Crippen LogP contribution in [0.5, 0.6) is 11.5 Å². The summed E-state index contributed by atoms with van der Waals surface area (Å²) in [4.78, 5) is 12.0. The van der Waals surface area contributed by atoms with Crippen LogP contribution in [-0.4, -0.2) is 75.4 Å². The fourth-order valence-corrected chi connectivity index (χ4v) is 2.65. The number of hydrogen-bond acceptors (Lipinski definition) is 9. The molecule has 5 N–H and O–H groups in total. The van der Waals surface area contributed by atoms with Crippen molar-refractivity contribution in [3.63, 3.8) is 0 Å². The molecule has 27 heavy (non-hydrogen) atoms. The Hall–Kier alpha value is -1.91. The van der Waals surface area contributed by atoms with E-state index in [1.807, 2.05) is 6.92 Å². The molecule has 0 aliphatic carbocycles. The number of aliphatic hydroxyl groups is 4. The van der Waals surface area contributed by atoms with Crippen molar-refractivity contribution in [3.8, 4) is 11.5 Å². The molecule has 0 radical (unpaired) electrons. The van der Waals surface area contributed by atoms with E-state index in [1.54, 1.807) is 0 Å². The highest BCUT2D eigenvalue weighted by atomic mass is 16.7. The Bertz CT molecular complexity index is 619. The van der Waals surface area contributed by atoms with Gasteiger partial charge in [-0.2, -0.15) is 0 Å². The number of hydrogen-bond donors (Lipinski definition) is 5. The van der Waals surface area contributed by atoms with Crippen LogP contribution in [0, 0.1) is 0 Å². The third-order valence-corrected chi connectivity index (χ3v) is 4.23. The molecule has 9 nitrogen and oxygen atoms in total. The van der Waals surface area contributed by atoms with Gasteiger partial charge in [0.15, 0.2) is 0 Å². The Balaban J connectivity index is 2.12. The predicted octanol–water partition coefficient (Wildman–Crippen LogP) is -0.543. The van der Waals surface area contributed by atoms with Gasteiger partial charge in [-0.05, 0) is 24.6 Å². The van der Waals surface area contributed by atoms with E-state index >= 15 is 0 Å². The summed E-state index contributed by atoms with van der Waals surface area (Å²) >= 11 is 0. The second-order valence-electron chi connectivity index (χ2n) is 6.36. The first-order valence-corrected chi connectivity index (χ1v) is 8.82. The number of carbonyl (C=O) groups is 1. The maximum Gasteiger partial charge on any atom is 0.310 e. The minimum Gasteiger partial charge on any atom is -0.508 e. The van der Waals surface area contributed by atoms with Crippen molar-refractivity contribution in [2.75, 3.05) is 13.2 Å². The predicted molar refractivity (Wildman–Crippen MR) is 92.1 cm³/mol. The van der Waals surface area contributed by atoms with Gasteiger partial charge in [-0.1, -0.05) is 13.3 Å². The Kier molecular flexibility index (Phi) is 7.81. The highest BCUT2D eigenvalue weighted by Crippen LogP contribution is 2.29. The first-order chi connectivity index (χ1) is 12.9. The van der Waals surface area contributed by atoms with E-state index in [0.717, 1.165) is 12.8 Å². The Morgan fingerprint density at radius 1 is 1.19 bits per heavy atom. The van der Waals surface area contributed by atoms with Gasteiger partial charge in [0.2, 0.25) is 6.29 Å². The van der Waals surface area contributed by atoms with Gasteiger partial charge < -0.3 is 39.7 Å². The number of aromatic hydroxyl groups is 1. The normalized spacial score (nSPS) is 28.0. The number of phenols is 1. The quantitative estimate of drug-likeness (QED) is 0.293. The summed E-state index contributed by atoms with van der Waals surface area (Å²) in [6, 6.07) is 4.02. The molecule has 0 aromatic heterocycles. The van der Waals surface area contributed by atoms with Gasteiger partial charge in [-0.3, -0.25) is 4.79 Å². The minimum absolute atomic E-state index is 0.0903. The van der Waals surface area contributed by atoms with Gasteiger partial charge in [0.05, 0.1) is 19.6 Å². The van der Waals surface area contributed by atoms with E-state index in [4.69, 9.17) is 14.2 Å². The molecule has 1 saturated heterocycles. The maximum atomic E-state index is 12.0. The van der Waals surface area contributed by atoms with E-state index in [2.05, 4.69) is 0 Å². The largest absolute Gasteiger partial charge is 0.508 e.